The van der Waals surface area contributed by atoms with Gasteiger partial charge in [0.2, 0.25) is 0 Å². The third kappa shape index (κ3) is 0.516. The lowest BCUT2D eigenvalue weighted by atomic mass is 9.90. The van der Waals surface area contributed by atoms with Crippen molar-refractivity contribution in [1.82, 2.24) is 0 Å². The SMILES string of the molecule is OCC1=CC=CC23CC=CC2=C13. The largest absolute Gasteiger partial charge is 0.392 e. The molecular formula is C11H10O. The van der Waals surface area contributed by atoms with Gasteiger partial charge in [-0.3, -0.25) is 0 Å². The van der Waals surface area contributed by atoms with Crippen molar-refractivity contribution >= 4 is 0 Å². The lowest BCUT2D eigenvalue weighted by Gasteiger charge is -2.14. The first kappa shape index (κ1) is 6.44. The van der Waals surface area contributed by atoms with E-state index in [-0.39, 0.29) is 12.0 Å². The number of hydrogen-bond donors (Lipinski definition) is 1. The number of allylic oxidation sites excluding steroid dienone is 6. The average molecular weight is 158 g/mol. The summed E-state index contributed by atoms with van der Waals surface area (Å²) in [5, 5.41) is 9.08. The summed E-state index contributed by atoms with van der Waals surface area (Å²) < 4.78 is 0. The molecular weight excluding hydrogens is 148 g/mol. The minimum Gasteiger partial charge on any atom is -0.392 e. The average Bonchev–Trinajstić information content (AvgIpc) is 2.58. The van der Waals surface area contributed by atoms with Crippen molar-refractivity contribution in [2.45, 2.75) is 6.42 Å². The highest BCUT2D eigenvalue weighted by molar-refractivity contribution is 5.73. The summed E-state index contributed by atoms with van der Waals surface area (Å²) >= 11 is 0. The van der Waals surface area contributed by atoms with E-state index in [1.54, 1.807) is 0 Å². The van der Waals surface area contributed by atoms with Crippen molar-refractivity contribution in [2.75, 3.05) is 6.61 Å². The summed E-state index contributed by atoms with van der Waals surface area (Å²) in [7, 11) is 0. The predicted octanol–water partition coefficient (Wildman–Crippen LogP) is 1.73. The Kier molecular flexibility index (Phi) is 0.968. The van der Waals surface area contributed by atoms with Crippen LogP contribution in [0.15, 0.2) is 47.1 Å². The van der Waals surface area contributed by atoms with Crippen molar-refractivity contribution in [3.63, 3.8) is 0 Å². The van der Waals surface area contributed by atoms with Crippen LogP contribution in [0.4, 0.5) is 0 Å². The van der Waals surface area contributed by atoms with Gasteiger partial charge in [0.25, 0.3) is 0 Å². The van der Waals surface area contributed by atoms with Crippen LogP contribution in [0.5, 0.6) is 0 Å². The van der Waals surface area contributed by atoms with Crippen molar-refractivity contribution in [1.29, 1.82) is 0 Å². The Morgan fingerprint density at radius 2 is 2.42 bits per heavy atom. The van der Waals surface area contributed by atoms with Crippen LogP contribution in [-0.4, -0.2) is 11.7 Å². The molecule has 0 aromatic heterocycles. The van der Waals surface area contributed by atoms with Gasteiger partial charge in [0.1, 0.15) is 0 Å². The molecule has 60 valence electrons. The summed E-state index contributed by atoms with van der Waals surface area (Å²) in [5.41, 5.74) is 4.16. The van der Waals surface area contributed by atoms with E-state index >= 15 is 0 Å². The maximum Gasteiger partial charge on any atom is 0.0685 e. The van der Waals surface area contributed by atoms with Crippen LogP contribution in [-0.2, 0) is 0 Å². The lowest BCUT2D eigenvalue weighted by Crippen LogP contribution is -2.05. The maximum absolute atomic E-state index is 9.08. The molecule has 12 heavy (non-hydrogen) atoms. The molecule has 0 saturated heterocycles. The molecule has 0 saturated carbocycles. The zero-order valence-corrected chi connectivity index (χ0v) is 6.75. The second kappa shape index (κ2) is 1.80. The molecule has 1 N–H and O–H groups in total. The first-order valence-corrected chi connectivity index (χ1v) is 4.30. The summed E-state index contributed by atoms with van der Waals surface area (Å²) in [6, 6.07) is 0. The predicted molar refractivity (Wildman–Crippen MR) is 47.5 cm³/mol. The number of hydrogen-bond acceptors (Lipinski definition) is 1. The van der Waals surface area contributed by atoms with Gasteiger partial charge in [-0.25, -0.2) is 0 Å². The molecule has 0 aromatic carbocycles. The Bertz CT molecular complexity index is 368. The molecule has 3 aliphatic rings. The quantitative estimate of drug-likeness (QED) is 0.616. The van der Waals surface area contributed by atoms with Gasteiger partial charge in [0.15, 0.2) is 0 Å². The Morgan fingerprint density at radius 3 is 3.25 bits per heavy atom. The second-order valence-corrected chi connectivity index (χ2v) is 3.58. The van der Waals surface area contributed by atoms with Gasteiger partial charge in [-0.05, 0) is 23.1 Å². The third-order valence-electron chi connectivity index (χ3n) is 3.03. The van der Waals surface area contributed by atoms with Crippen molar-refractivity contribution < 1.29 is 5.11 Å². The number of aliphatic hydroxyl groups is 1. The van der Waals surface area contributed by atoms with Crippen LogP contribution in [0, 0.1) is 5.41 Å². The molecule has 0 aliphatic heterocycles. The number of aliphatic hydroxyl groups excluding tert-OH is 1. The van der Waals surface area contributed by atoms with E-state index in [0.29, 0.717) is 0 Å². The number of rotatable bonds is 1. The maximum atomic E-state index is 9.08. The van der Waals surface area contributed by atoms with Crippen LogP contribution in [0.1, 0.15) is 6.42 Å². The summed E-state index contributed by atoms with van der Waals surface area (Å²) in [6.45, 7) is 0.179. The smallest absolute Gasteiger partial charge is 0.0685 e. The molecule has 1 unspecified atom stereocenters. The Hall–Kier alpha value is -1.08. The minimum absolute atomic E-state index is 0.179. The lowest BCUT2D eigenvalue weighted by molar-refractivity contribution is 0.332. The molecule has 1 nitrogen and oxygen atoms in total. The Labute approximate surface area is 71.4 Å². The fourth-order valence-electron chi connectivity index (χ4n) is 2.41. The van der Waals surface area contributed by atoms with Crippen LogP contribution in [0.2, 0.25) is 0 Å². The molecule has 0 fully saturated rings. The van der Waals surface area contributed by atoms with Crippen molar-refractivity contribution in [3.8, 4) is 0 Å². The van der Waals surface area contributed by atoms with E-state index in [0.717, 1.165) is 12.0 Å². The topological polar surface area (TPSA) is 20.2 Å². The van der Waals surface area contributed by atoms with E-state index < -0.39 is 0 Å². The van der Waals surface area contributed by atoms with Gasteiger partial charge in [0.05, 0.1) is 6.61 Å². The normalized spacial score (nSPS) is 34.9. The van der Waals surface area contributed by atoms with Gasteiger partial charge in [-0.15, -0.1) is 0 Å². The molecule has 1 spiro atoms. The highest BCUT2D eigenvalue weighted by Crippen LogP contribution is 2.64. The highest BCUT2D eigenvalue weighted by atomic mass is 16.3. The van der Waals surface area contributed by atoms with Gasteiger partial charge in [0, 0.05) is 5.41 Å². The fourth-order valence-corrected chi connectivity index (χ4v) is 2.41. The molecule has 0 bridgehead atoms. The molecule has 1 heteroatoms. The summed E-state index contributed by atoms with van der Waals surface area (Å²) in [6.07, 6.45) is 11.8. The van der Waals surface area contributed by atoms with Gasteiger partial charge < -0.3 is 5.11 Å². The van der Waals surface area contributed by atoms with Crippen molar-refractivity contribution in [2.24, 2.45) is 5.41 Å². The summed E-state index contributed by atoms with van der Waals surface area (Å²) in [5.74, 6) is 0. The molecule has 0 radical (unpaired) electrons. The van der Waals surface area contributed by atoms with E-state index in [4.69, 9.17) is 5.11 Å². The molecule has 0 amide bonds. The fraction of sp³-hybridized carbons (Fsp3) is 0.273. The molecule has 3 aliphatic carbocycles. The zero-order valence-electron chi connectivity index (χ0n) is 6.75. The highest BCUT2D eigenvalue weighted by Gasteiger charge is 2.53. The Morgan fingerprint density at radius 1 is 1.50 bits per heavy atom. The van der Waals surface area contributed by atoms with Gasteiger partial charge >= 0.3 is 0 Å². The van der Waals surface area contributed by atoms with E-state index in [1.807, 2.05) is 6.08 Å². The van der Waals surface area contributed by atoms with Gasteiger partial charge in [-0.1, -0.05) is 30.4 Å². The molecule has 1 atom stereocenters. The molecule has 0 aromatic rings. The van der Waals surface area contributed by atoms with E-state index in [2.05, 4.69) is 24.3 Å². The first-order chi connectivity index (χ1) is 5.88. The monoisotopic (exact) mass is 158 g/mol. The van der Waals surface area contributed by atoms with E-state index in [1.165, 1.54) is 11.1 Å². The van der Waals surface area contributed by atoms with E-state index in [9.17, 15) is 0 Å². The summed E-state index contributed by atoms with van der Waals surface area (Å²) in [4.78, 5) is 0. The standard InChI is InChI=1S/C11H10O/c12-7-8-3-1-5-11-6-2-4-9(11)10(8)11/h1-5,12H,6-7H2. The molecule has 0 heterocycles. The third-order valence-corrected chi connectivity index (χ3v) is 3.03. The minimum atomic E-state index is 0.179. The van der Waals surface area contributed by atoms with Crippen LogP contribution in [0.25, 0.3) is 0 Å². The van der Waals surface area contributed by atoms with Crippen LogP contribution >= 0.6 is 0 Å². The second-order valence-electron chi connectivity index (χ2n) is 3.58. The Balaban J connectivity index is 2.12. The first-order valence-electron chi connectivity index (χ1n) is 4.30. The van der Waals surface area contributed by atoms with Gasteiger partial charge in [-0.2, -0.15) is 0 Å². The van der Waals surface area contributed by atoms with Crippen LogP contribution in [0.3, 0.4) is 0 Å². The molecule has 3 rings (SSSR count). The zero-order chi connectivity index (χ0) is 8.18. The van der Waals surface area contributed by atoms with Crippen molar-refractivity contribution in [3.05, 3.63) is 47.1 Å². The van der Waals surface area contributed by atoms with Crippen LogP contribution < -0.4 is 0 Å².